The van der Waals surface area contributed by atoms with Gasteiger partial charge in [0.25, 0.3) is 0 Å². The zero-order valence-electron chi connectivity index (χ0n) is 8.93. The molecule has 16 heavy (non-hydrogen) atoms. The maximum atomic E-state index is 10.9. The summed E-state index contributed by atoms with van der Waals surface area (Å²) in [7, 11) is 0. The Morgan fingerprint density at radius 1 is 1.50 bits per heavy atom. The molecular weight excluding hydrogens is 210 g/mol. The van der Waals surface area contributed by atoms with Gasteiger partial charge < -0.3 is 14.6 Å². The van der Waals surface area contributed by atoms with Gasteiger partial charge in [-0.1, -0.05) is 0 Å². The van der Waals surface area contributed by atoms with E-state index in [2.05, 4.69) is 4.90 Å². The van der Waals surface area contributed by atoms with Crippen LogP contribution < -0.4 is 0 Å². The first-order valence-electron chi connectivity index (χ1n) is 5.37. The van der Waals surface area contributed by atoms with E-state index in [-0.39, 0.29) is 11.7 Å². The second kappa shape index (κ2) is 4.67. The average molecular weight is 225 g/mol. The molecule has 0 radical (unpaired) electrons. The molecule has 0 atom stereocenters. The summed E-state index contributed by atoms with van der Waals surface area (Å²) in [4.78, 5) is 13.0. The number of aliphatic hydroxyl groups is 1. The average Bonchev–Trinajstić information content (AvgIpc) is 2.69. The molecule has 0 unspecified atom stereocenters. The van der Waals surface area contributed by atoms with E-state index in [0.717, 1.165) is 25.9 Å². The van der Waals surface area contributed by atoms with Crippen LogP contribution in [0.3, 0.4) is 0 Å². The van der Waals surface area contributed by atoms with E-state index in [9.17, 15) is 9.90 Å². The molecule has 0 aromatic carbocycles. The van der Waals surface area contributed by atoms with Gasteiger partial charge in [-0.3, -0.25) is 4.90 Å². The fourth-order valence-corrected chi connectivity index (χ4v) is 1.93. The summed E-state index contributed by atoms with van der Waals surface area (Å²) in [6, 6.07) is 1.47. The number of nitrogens with zero attached hydrogens (tertiary/aromatic N) is 1. The number of hydrogen-bond donors (Lipinski definition) is 2. The Kier molecular flexibility index (Phi) is 3.26. The third kappa shape index (κ3) is 2.43. The number of hydrogen-bond acceptors (Lipinski definition) is 4. The summed E-state index contributed by atoms with van der Waals surface area (Å²) < 4.78 is 5.17. The maximum absolute atomic E-state index is 10.9. The van der Waals surface area contributed by atoms with Crippen molar-refractivity contribution >= 4 is 5.97 Å². The monoisotopic (exact) mass is 225 g/mol. The molecule has 0 bridgehead atoms. The Morgan fingerprint density at radius 2 is 2.19 bits per heavy atom. The number of aliphatic hydroxyl groups excluding tert-OH is 1. The molecule has 2 rings (SSSR count). The highest BCUT2D eigenvalue weighted by atomic mass is 16.4. The summed E-state index contributed by atoms with van der Waals surface area (Å²) in [5.74, 6) is -0.468. The van der Waals surface area contributed by atoms with Gasteiger partial charge >= 0.3 is 5.97 Å². The maximum Gasteiger partial charge on any atom is 0.339 e. The summed E-state index contributed by atoms with van der Waals surface area (Å²) in [5.41, 5.74) is 0.228. The van der Waals surface area contributed by atoms with Gasteiger partial charge in [-0.15, -0.1) is 0 Å². The predicted molar refractivity (Wildman–Crippen MR) is 56.2 cm³/mol. The molecule has 0 aliphatic carbocycles. The van der Waals surface area contributed by atoms with Crippen LogP contribution in [-0.4, -0.2) is 40.3 Å². The summed E-state index contributed by atoms with van der Waals surface area (Å²) in [5, 5.41) is 18.3. The van der Waals surface area contributed by atoms with Crippen molar-refractivity contribution in [3.8, 4) is 0 Å². The Labute approximate surface area is 93.3 Å². The number of rotatable bonds is 3. The smallest absolute Gasteiger partial charge is 0.339 e. The predicted octanol–water partition coefficient (Wildman–Crippen LogP) is 0.934. The van der Waals surface area contributed by atoms with Gasteiger partial charge in [0.15, 0.2) is 0 Å². The highest BCUT2D eigenvalue weighted by Crippen LogP contribution is 2.17. The van der Waals surface area contributed by atoms with Gasteiger partial charge in [0.1, 0.15) is 11.3 Å². The minimum atomic E-state index is -0.958. The van der Waals surface area contributed by atoms with Crippen LogP contribution in [-0.2, 0) is 6.54 Å². The lowest BCUT2D eigenvalue weighted by atomic mass is 10.1. The number of aromatic carboxylic acids is 1. The molecule has 0 spiro atoms. The summed E-state index contributed by atoms with van der Waals surface area (Å²) in [6.45, 7) is 2.06. The van der Waals surface area contributed by atoms with Gasteiger partial charge in [-0.25, -0.2) is 4.79 Å². The molecule has 1 saturated heterocycles. The number of furan rings is 1. The van der Waals surface area contributed by atoms with Gasteiger partial charge in [-0.05, 0) is 18.9 Å². The third-order valence-corrected chi connectivity index (χ3v) is 2.90. The fourth-order valence-electron chi connectivity index (χ4n) is 1.93. The van der Waals surface area contributed by atoms with E-state index in [1.807, 2.05) is 0 Å². The molecule has 0 amide bonds. The first-order chi connectivity index (χ1) is 7.66. The zero-order valence-corrected chi connectivity index (χ0v) is 8.93. The summed E-state index contributed by atoms with van der Waals surface area (Å²) >= 11 is 0. The van der Waals surface area contributed by atoms with E-state index in [1.165, 1.54) is 12.3 Å². The largest absolute Gasteiger partial charge is 0.478 e. The van der Waals surface area contributed by atoms with Crippen molar-refractivity contribution in [3.63, 3.8) is 0 Å². The molecule has 1 aromatic rings. The molecule has 1 fully saturated rings. The van der Waals surface area contributed by atoms with Crippen LogP contribution in [0.5, 0.6) is 0 Å². The third-order valence-electron chi connectivity index (χ3n) is 2.90. The molecule has 1 aromatic heterocycles. The highest BCUT2D eigenvalue weighted by Gasteiger charge is 2.20. The molecule has 1 aliphatic rings. The molecule has 1 aliphatic heterocycles. The molecule has 88 valence electrons. The fraction of sp³-hybridized carbons (Fsp3) is 0.545. The van der Waals surface area contributed by atoms with E-state index in [4.69, 9.17) is 9.52 Å². The van der Waals surface area contributed by atoms with Crippen LogP contribution in [0.2, 0.25) is 0 Å². The van der Waals surface area contributed by atoms with Crippen LogP contribution in [0, 0.1) is 0 Å². The summed E-state index contributed by atoms with van der Waals surface area (Å²) in [6.07, 6.45) is 2.66. The number of carbonyl (C=O) groups is 1. The lowest BCUT2D eigenvalue weighted by Crippen LogP contribution is -2.35. The van der Waals surface area contributed by atoms with Crippen LogP contribution in [0.15, 0.2) is 16.7 Å². The van der Waals surface area contributed by atoms with Crippen LogP contribution in [0.1, 0.15) is 29.0 Å². The number of carboxylic acids is 1. The SMILES string of the molecule is O=C(O)c1ccoc1CN1CCC(O)CC1. The van der Waals surface area contributed by atoms with E-state index in [1.54, 1.807) is 0 Å². The first-order valence-corrected chi connectivity index (χ1v) is 5.37. The van der Waals surface area contributed by atoms with Crippen molar-refractivity contribution in [2.45, 2.75) is 25.5 Å². The van der Waals surface area contributed by atoms with Crippen molar-refractivity contribution in [1.29, 1.82) is 0 Å². The number of carboxylic acid groups (broad SMARTS) is 1. The van der Waals surface area contributed by atoms with Crippen molar-refractivity contribution in [3.05, 3.63) is 23.7 Å². The lowest BCUT2D eigenvalue weighted by molar-refractivity contribution is 0.0672. The quantitative estimate of drug-likeness (QED) is 0.800. The number of piperidine rings is 1. The van der Waals surface area contributed by atoms with E-state index < -0.39 is 5.97 Å². The molecule has 5 heteroatoms. The van der Waals surface area contributed by atoms with Crippen LogP contribution in [0.25, 0.3) is 0 Å². The Bertz CT molecular complexity index is 366. The van der Waals surface area contributed by atoms with Crippen molar-refractivity contribution in [2.24, 2.45) is 0 Å². The zero-order chi connectivity index (χ0) is 11.5. The van der Waals surface area contributed by atoms with Crippen LogP contribution in [0.4, 0.5) is 0 Å². The highest BCUT2D eigenvalue weighted by molar-refractivity contribution is 5.88. The van der Waals surface area contributed by atoms with Gasteiger partial charge in [-0.2, -0.15) is 0 Å². The van der Waals surface area contributed by atoms with Gasteiger partial charge in [0.2, 0.25) is 0 Å². The second-order valence-corrected chi connectivity index (χ2v) is 4.07. The molecular formula is C11H15NO4. The lowest BCUT2D eigenvalue weighted by Gasteiger charge is -2.28. The van der Waals surface area contributed by atoms with Crippen LogP contribution >= 0.6 is 0 Å². The Morgan fingerprint density at radius 3 is 2.81 bits per heavy atom. The molecule has 2 N–H and O–H groups in total. The minimum absolute atomic E-state index is 0.216. The van der Waals surface area contributed by atoms with E-state index >= 15 is 0 Å². The Balaban J connectivity index is 1.98. The topological polar surface area (TPSA) is 73.9 Å². The van der Waals surface area contributed by atoms with Crippen molar-refractivity contribution in [2.75, 3.05) is 13.1 Å². The normalized spacial score (nSPS) is 18.8. The Hall–Kier alpha value is -1.33. The number of likely N-dealkylation sites (tertiary alicyclic amines) is 1. The van der Waals surface area contributed by atoms with Crippen molar-refractivity contribution in [1.82, 2.24) is 4.90 Å². The van der Waals surface area contributed by atoms with E-state index in [0.29, 0.717) is 12.3 Å². The first kappa shape index (κ1) is 11.2. The van der Waals surface area contributed by atoms with Gasteiger partial charge in [0.05, 0.1) is 18.9 Å². The molecule has 5 nitrogen and oxygen atoms in total. The standard InChI is InChI=1S/C11H15NO4/c13-8-1-4-12(5-2-8)7-10-9(11(14)15)3-6-16-10/h3,6,8,13H,1-2,4-5,7H2,(H,14,15). The minimum Gasteiger partial charge on any atom is -0.478 e. The molecule has 2 heterocycles. The van der Waals surface area contributed by atoms with Crippen molar-refractivity contribution < 1.29 is 19.4 Å². The molecule has 0 saturated carbocycles. The second-order valence-electron chi connectivity index (χ2n) is 4.07. The van der Waals surface area contributed by atoms with Gasteiger partial charge in [0, 0.05) is 13.1 Å².